The van der Waals surface area contributed by atoms with Gasteiger partial charge in [-0.3, -0.25) is 18.9 Å². The Morgan fingerprint density at radius 3 is 1.93 bits per heavy atom. The molecule has 0 aliphatic carbocycles. The molecule has 11 nitrogen and oxygen atoms in total. The molecule has 3 atom stereocenters. The van der Waals surface area contributed by atoms with Gasteiger partial charge in [-0.05, 0) is 18.9 Å². The smallest absolute Gasteiger partial charge is 0.306 e. The summed E-state index contributed by atoms with van der Waals surface area (Å²) in [4.78, 5) is 47.1. The normalized spacial score (nSPS) is 14.7. The van der Waals surface area contributed by atoms with E-state index in [1.807, 2.05) is 21.1 Å². The van der Waals surface area contributed by atoms with Crippen LogP contribution in [-0.2, 0) is 37.5 Å². The number of aliphatic hydroxyl groups excluding tert-OH is 1. The Morgan fingerprint density at radius 2 is 1.40 bits per heavy atom. The SMILES string of the molecule is CCCCCCCCCCCCCCCC(=O)OC[C@H](COP(=O)([O-])OCC[N+](C)(C)C)OC(=O)CCC(O)/C=C/C=O. The molecular weight excluding hydrogens is 577 g/mol. The van der Waals surface area contributed by atoms with Crippen LogP contribution in [0.4, 0.5) is 0 Å². The van der Waals surface area contributed by atoms with Crippen molar-refractivity contribution in [2.45, 2.75) is 122 Å². The van der Waals surface area contributed by atoms with Gasteiger partial charge in [-0.15, -0.1) is 0 Å². The van der Waals surface area contributed by atoms with E-state index in [1.165, 1.54) is 63.9 Å². The van der Waals surface area contributed by atoms with Gasteiger partial charge in [0.05, 0.1) is 33.9 Å². The van der Waals surface area contributed by atoms with Gasteiger partial charge in [0, 0.05) is 12.8 Å². The van der Waals surface area contributed by atoms with Crippen molar-refractivity contribution in [3.05, 3.63) is 12.2 Å². The predicted octanol–water partition coefficient (Wildman–Crippen LogP) is 5.03. The molecule has 0 aromatic heterocycles. The van der Waals surface area contributed by atoms with E-state index in [0.29, 0.717) is 23.7 Å². The van der Waals surface area contributed by atoms with Gasteiger partial charge in [0.25, 0.3) is 7.82 Å². The Morgan fingerprint density at radius 1 is 0.837 bits per heavy atom. The van der Waals surface area contributed by atoms with Crippen LogP contribution < -0.4 is 4.89 Å². The number of ether oxygens (including phenoxy) is 2. The molecule has 0 saturated carbocycles. The van der Waals surface area contributed by atoms with Crippen molar-refractivity contribution in [2.75, 3.05) is 47.5 Å². The minimum absolute atomic E-state index is 0.0101. The molecule has 1 N–H and O–H groups in total. The number of nitrogens with zero attached hydrogens (tertiary/aromatic N) is 1. The minimum atomic E-state index is -4.68. The number of aliphatic hydroxyl groups is 1. The van der Waals surface area contributed by atoms with E-state index < -0.39 is 38.6 Å². The summed E-state index contributed by atoms with van der Waals surface area (Å²) in [6.45, 7) is 1.60. The largest absolute Gasteiger partial charge is 0.756 e. The van der Waals surface area contributed by atoms with E-state index in [2.05, 4.69) is 6.92 Å². The van der Waals surface area contributed by atoms with Gasteiger partial charge in [0.15, 0.2) is 6.10 Å². The van der Waals surface area contributed by atoms with Gasteiger partial charge in [0.1, 0.15) is 26.0 Å². The Hall–Kier alpha value is -1.62. The van der Waals surface area contributed by atoms with Gasteiger partial charge in [-0.2, -0.15) is 0 Å². The maximum Gasteiger partial charge on any atom is 0.306 e. The van der Waals surface area contributed by atoms with Crippen LogP contribution in [0.5, 0.6) is 0 Å². The van der Waals surface area contributed by atoms with Crippen molar-refractivity contribution in [2.24, 2.45) is 0 Å². The third-order valence-corrected chi connectivity index (χ3v) is 7.66. The van der Waals surface area contributed by atoms with Crippen molar-refractivity contribution < 1.29 is 52.0 Å². The summed E-state index contributed by atoms with van der Waals surface area (Å²) in [6.07, 6.45) is 16.1. The van der Waals surface area contributed by atoms with Crippen molar-refractivity contribution in [3.63, 3.8) is 0 Å². The highest BCUT2D eigenvalue weighted by Crippen LogP contribution is 2.38. The maximum absolute atomic E-state index is 12.3. The molecule has 0 spiro atoms. The maximum atomic E-state index is 12.3. The van der Waals surface area contributed by atoms with Gasteiger partial charge < -0.3 is 33.0 Å². The lowest BCUT2D eigenvalue weighted by Gasteiger charge is -2.28. The number of allylic oxidation sites excluding steroid dienone is 1. The topological polar surface area (TPSA) is 148 Å². The number of unbranched alkanes of at least 4 members (excludes halogenated alkanes) is 12. The number of quaternary nitrogens is 1. The monoisotopic (exact) mass is 635 g/mol. The lowest BCUT2D eigenvalue weighted by Crippen LogP contribution is -2.37. The highest BCUT2D eigenvalue weighted by atomic mass is 31.2. The first-order valence-corrected chi connectivity index (χ1v) is 17.4. The molecule has 0 amide bonds. The molecule has 2 unspecified atom stereocenters. The Labute approximate surface area is 259 Å². The van der Waals surface area contributed by atoms with Crippen molar-refractivity contribution >= 4 is 26.0 Å². The van der Waals surface area contributed by atoms with Crippen molar-refractivity contribution in [1.29, 1.82) is 0 Å². The zero-order chi connectivity index (χ0) is 32.4. The van der Waals surface area contributed by atoms with E-state index in [0.717, 1.165) is 25.3 Å². The number of phosphoric acid groups is 1. The van der Waals surface area contributed by atoms with Crippen LogP contribution in [0.15, 0.2) is 12.2 Å². The van der Waals surface area contributed by atoms with E-state index in [4.69, 9.17) is 18.5 Å². The summed E-state index contributed by atoms with van der Waals surface area (Å²) >= 11 is 0. The Bertz CT molecular complexity index is 815. The number of carbonyl (C=O) groups excluding carboxylic acids is 3. The molecule has 0 radical (unpaired) electrons. The minimum Gasteiger partial charge on any atom is -0.756 e. The summed E-state index contributed by atoms with van der Waals surface area (Å²) < 4.78 is 33.0. The first kappa shape index (κ1) is 41.4. The summed E-state index contributed by atoms with van der Waals surface area (Å²) in [6, 6.07) is 0. The molecule has 12 heteroatoms. The number of carbonyl (C=O) groups is 3. The van der Waals surface area contributed by atoms with Crippen LogP contribution in [0.1, 0.15) is 110 Å². The molecule has 43 heavy (non-hydrogen) atoms. The van der Waals surface area contributed by atoms with Crippen molar-refractivity contribution in [1.82, 2.24) is 0 Å². The predicted molar refractivity (Wildman–Crippen MR) is 164 cm³/mol. The van der Waals surface area contributed by atoms with Gasteiger partial charge in [0.2, 0.25) is 0 Å². The molecule has 0 bridgehead atoms. The number of phosphoric ester groups is 1. The standard InChI is InChI=1S/C31H58NO10P/c1-5-6-7-8-9-10-11-12-13-14-15-16-17-20-30(35)39-26-29(42-31(36)22-21-28(34)19-18-24-33)27-41-43(37,38)40-25-23-32(2,3)4/h18-19,24,28-29,34H,5-17,20-23,25-27H2,1-4H3/b19-18+/t28?,29-/m1/s1. The van der Waals surface area contributed by atoms with E-state index in [9.17, 15) is 28.9 Å². The Kier molecular flexibility index (Phi) is 24.7. The van der Waals surface area contributed by atoms with Gasteiger partial charge in [-0.25, -0.2) is 0 Å². The molecule has 0 heterocycles. The van der Waals surface area contributed by atoms with E-state index in [1.54, 1.807) is 0 Å². The zero-order valence-corrected chi connectivity index (χ0v) is 27.9. The number of likely N-dealkylation sites (N-methyl/N-ethyl adjacent to an activating group) is 1. The molecule has 0 saturated heterocycles. The lowest BCUT2D eigenvalue weighted by atomic mass is 10.0. The second-order valence-electron chi connectivity index (χ2n) is 12.0. The summed E-state index contributed by atoms with van der Waals surface area (Å²) in [7, 11) is 0.962. The number of rotatable bonds is 29. The second-order valence-corrected chi connectivity index (χ2v) is 13.4. The molecular formula is C31H58NO10P. The number of hydrogen-bond acceptors (Lipinski definition) is 10. The quantitative estimate of drug-likeness (QED) is 0.0296. The van der Waals surface area contributed by atoms with Gasteiger partial charge in [-0.1, -0.05) is 90.0 Å². The van der Waals surface area contributed by atoms with Crippen LogP contribution in [0.25, 0.3) is 0 Å². The molecule has 0 aliphatic heterocycles. The van der Waals surface area contributed by atoms with Crippen LogP contribution in [0.3, 0.4) is 0 Å². The first-order valence-electron chi connectivity index (χ1n) is 15.9. The molecule has 0 aromatic carbocycles. The van der Waals surface area contributed by atoms with Crippen LogP contribution in [-0.4, -0.2) is 87.5 Å². The summed E-state index contributed by atoms with van der Waals surface area (Å²) in [5.74, 6) is -1.21. The fourth-order valence-electron chi connectivity index (χ4n) is 4.08. The molecule has 0 aliphatic rings. The van der Waals surface area contributed by atoms with Crippen LogP contribution in [0, 0.1) is 0 Å². The van der Waals surface area contributed by atoms with Crippen molar-refractivity contribution in [3.8, 4) is 0 Å². The third kappa shape index (κ3) is 28.9. The lowest BCUT2D eigenvalue weighted by molar-refractivity contribution is -0.870. The molecule has 0 aromatic rings. The number of hydrogen-bond donors (Lipinski definition) is 1. The Balaban J connectivity index is 4.47. The zero-order valence-electron chi connectivity index (χ0n) is 27.0. The number of esters is 2. The van der Waals surface area contributed by atoms with E-state index >= 15 is 0 Å². The molecule has 0 fully saturated rings. The number of aldehydes is 1. The molecule has 0 rings (SSSR count). The summed E-state index contributed by atoms with van der Waals surface area (Å²) in [5.41, 5.74) is 0. The highest BCUT2D eigenvalue weighted by Gasteiger charge is 2.22. The van der Waals surface area contributed by atoms with Crippen LogP contribution in [0.2, 0.25) is 0 Å². The highest BCUT2D eigenvalue weighted by molar-refractivity contribution is 7.45. The van der Waals surface area contributed by atoms with E-state index in [-0.39, 0.29) is 32.5 Å². The average Bonchev–Trinajstić information content (AvgIpc) is 2.93. The second kappa shape index (κ2) is 25.7. The van der Waals surface area contributed by atoms with Crippen LogP contribution >= 0.6 is 7.82 Å². The third-order valence-electron chi connectivity index (χ3n) is 6.70. The average molecular weight is 636 g/mol. The fourth-order valence-corrected chi connectivity index (χ4v) is 4.81. The van der Waals surface area contributed by atoms with Gasteiger partial charge >= 0.3 is 11.9 Å². The molecule has 252 valence electrons. The fraction of sp³-hybridized carbons (Fsp3) is 0.839. The first-order chi connectivity index (χ1) is 20.4. The summed E-state index contributed by atoms with van der Waals surface area (Å²) in [5, 5.41) is 9.76.